The number of carbonyl (C=O) groups is 1. The van der Waals surface area contributed by atoms with Gasteiger partial charge >= 0.3 is 12.1 Å². The van der Waals surface area contributed by atoms with Gasteiger partial charge in [0.15, 0.2) is 0 Å². The summed E-state index contributed by atoms with van der Waals surface area (Å²) in [6, 6.07) is 9.18. The van der Waals surface area contributed by atoms with Gasteiger partial charge in [0, 0.05) is 17.5 Å². The molecule has 0 radical (unpaired) electrons. The molecule has 28 heavy (non-hydrogen) atoms. The van der Waals surface area contributed by atoms with Crippen molar-refractivity contribution in [2.75, 3.05) is 13.7 Å². The summed E-state index contributed by atoms with van der Waals surface area (Å²) in [6.45, 7) is 0.384. The lowest BCUT2D eigenvalue weighted by molar-refractivity contribution is -0.141. The number of halogens is 3. The molecular weight excluding hydrogens is 373 g/mol. The van der Waals surface area contributed by atoms with Gasteiger partial charge in [0.25, 0.3) is 0 Å². The highest BCUT2D eigenvalue weighted by atomic mass is 19.4. The smallest absolute Gasteiger partial charge is 0.416 e. The van der Waals surface area contributed by atoms with Crippen LogP contribution in [0.15, 0.2) is 36.4 Å². The number of methoxy groups -OCH3 is 1. The zero-order chi connectivity index (χ0) is 19.9. The number of ether oxygens (including phenoxy) is 3. The molecule has 1 aliphatic carbocycles. The number of fused-ring (bicyclic) bond motifs is 2. The normalized spacial score (nSPS) is 20.3. The number of rotatable bonds is 4. The van der Waals surface area contributed by atoms with Gasteiger partial charge in [-0.1, -0.05) is 12.1 Å². The van der Waals surface area contributed by atoms with Crippen LogP contribution in [0, 0.1) is 0 Å². The Bertz CT molecular complexity index is 907. The third-order valence-electron chi connectivity index (χ3n) is 5.28. The van der Waals surface area contributed by atoms with Crippen molar-refractivity contribution in [3.05, 3.63) is 58.7 Å². The quantitative estimate of drug-likeness (QED) is 0.701. The predicted molar refractivity (Wildman–Crippen MR) is 94.4 cm³/mol. The molecule has 0 bridgehead atoms. The van der Waals surface area contributed by atoms with Crippen LogP contribution in [-0.4, -0.2) is 19.7 Å². The summed E-state index contributed by atoms with van der Waals surface area (Å²) in [5.41, 5.74) is 1.71. The average molecular weight is 392 g/mol. The lowest BCUT2D eigenvalue weighted by Crippen LogP contribution is -2.09. The van der Waals surface area contributed by atoms with Gasteiger partial charge in [0.1, 0.15) is 17.6 Å². The molecule has 2 aromatic carbocycles. The summed E-state index contributed by atoms with van der Waals surface area (Å²) < 4.78 is 55.4. The Morgan fingerprint density at radius 2 is 2.00 bits per heavy atom. The Morgan fingerprint density at radius 1 is 1.18 bits per heavy atom. The van der Waals surface area contributed by atoms with Gasteiger partial charge in [0.2, 0.25) is 0 Å². The van der Waals surface area contributed by atoms with E-state index in [-0.39, 0.29) is 18.3 Å². The minimum absolute atomic E-state index is 0.0712. The molecule has 0 amide bonds. The van der Waals surface area contributed by atoms with Crippen molar-refractivity contribution in [1.82, 2.24) is 0 Å². The number of hydrogen-bond acceptors (Lipinski definition) is 4. The van der Waals surface area contributed by atoms with E-state index < -0.39 is 17.8 Å². The first-order valence-electron chi connectivity index (χ1n) is 9.05. The SMILES string of the molecule is COC(=O)CC1COc2cc(O[C@H]3CCc4ccc(C(F)(F)F)cc43)ccc21. The molecule has 0 fully saturated rings. The molecule has 0 saturated heterocycles. The van der Waals surface area contributed by atoms with Crippen LogP contribution in [0.25, 0.3) is 0 Å². The fourth-order valence-corrected chi connectivity index (χ4v) is 3.81. The molecule has 1 unspecified atom stereocenters. The fraction of sp³-hybridized carbons (Fsp3) is 0.381. The first-order valence-corrected chi connectivity index (χ1v) is 9.05. The first kappa shape index (κ1) is 18.7. The number of aryl methyl sites for hydroxylation is 1. The van der Waals surface area contributed by atoms with Gasteiger partial charge in [-0.2, -0.15) is 13.2 Å². The summed E-state index contributed by atoms with van der Waals surface area (Å²) in [6.07, 6.45) is -3.26. The molecule has 4 nitrogen and oxygen atoms in total. The van der Waals surface area contributed by atoms with E-state index in [1.165, 1.54) is 19.2 Å². The Balaban J connectivity index is 1.52. The average Bonchev–Trinajstić information content (AvgIpc) is 3.25. The van der Waals surface area contributed by atoms with Gasteiger partial charge in [-0.25, -0.2) is 0 Å². The first-order chi connectivity index (χ1) is 13.3. The Kier molecular flexibility index (Phi) is 4.69. The molecule has 1 aliphatic heterocycles. The zero-order valence-corrected chi connectivity index (χ0v) is 15.2. The molecule has 2 aromatic rings. The molecule has 0 aromatic heterocycles. The predicted octanol–water partition coefficient (Wildman–Crippen LogP) is 4.81. The monoisotopic (exact) mass is 392 g/mol. The fourth-order valence-electron chi connectivity index (χ4n) is 3.81. The van der Waals surface area contributed by atoms with Crippen molar-refractivity contribution < 1.29 is 32.2 Å². The molecule has 7 heteroatoms. The Labute approximate surface area is 160 Å². The van der Waals surface area contributed by atoms with E-state index in [0.29, 0.717) is 36.5 Å². The highest BCUT2D eigenvalue weighted by Gasteiger charge is 2.34. The molecule has 0 N–H and O–H groups in total. The minimum atomic E-state index is -4.38. The van der Waals surface area contributed by atoms with Crippen molar-refractivity contribution in [3.8, 4) is 11.5 Å². The molecule has 1 heterocycles. The van der Waals surface area contributed by atoms with E-state index in [2.05, 4.69) is 0 Å². The molecule has 4 rings (SSSR count). The van der Waals surface area contributed by atoms with E-state index >= 15 is 0 Å². The van der Waals surface area contributed by atoms with E-state index in [0.717, 1.165) is 17.2 Å². The molecule has 2 aliphatic rings. The summed E-state index contributed by atoms with van der Waals surface area (Å²) in [5.74, 6) is 0.796. The van der Waals surface area contributed by atoms with Crippen LogP contribution in [-0.2, 0) is 22.1 Å². The Hall–Kier alpha value is -2.70. The van der Waals surface area contributed by atoms with E-state index in [9.17, 15) is 18.0 Å². The van der Waals surface area contributed by atoms with Gasteiger partial charge < -0.3 is 14.2 Å². The Morgan fingerprint density at radius 3 is 2.75 bits per heavy atom. The van der Waals surface area contributed by atoms with Crippen LogP contribution < -0.4 is 9.47 Å². The van der Waals surface area contributed by atoms with Crippen molar-refractivity contribution in [2.24, 2.45) is 0 Å². The van der Waals surface area contributed by atoms with Crippen LogP contribution in [0.3, 0.4) is 0 Å². The number of hydrogen-bond donors (Lipinski definition) is 0. The lowest BCUT2D eigenvalue weighted by Gasteiger charge is -2.17. The second kappa shape index (κ2) is 7.04. The summed E-state index contributed by atoms with van der Waals surface area (Å²) in [5, 5.41) is 0. The van der Waals surface area contributed by atoms with Crippen molar-refractivity contribution in [2.45, 2.75) is 37.5 Å². The second-order valence-electron chi connectivity index (χ2n) is 7.04. The zero-order valence-electron chi connectivity index (χ0n) is 15.2. The molecule has 0 saturated carbocycles. The van der Waals surface area contributed by atoms with Gasteiger partial charge in [-0.3, -0.25) is 4.79 Å². The number of alkyl halides is 3. The van der Waals surface area contributed by atoms with Gasteiger partial charge in [0.05, 0.1) is 25.7 Å². The number of carbonyl (C=O) groups excluding carboxylic acids is 1. The maximum absolute atomic E-state index is 13.0. The maximum Gasteiger partial charge on any atom is 0.416 e. The number of benzene rings is 2. The van der Waals surface area contributed by atoms with Crippen LogP contribution >= 0.6 is 0 Å². The van der Waals surface area contributed by atoms with Crippen molar-refractivity contribution >= 4 is 5.97 Å². The van der Waals surface area contributed by atoms with Crippen LogP contribution in [0.2, 0.25) is 0 Å². The summed E-state index contributed by atoms with van der Waals surface area (Å²) in [4.78, 5) is 11.5. The highest BCUT2D eigenvalue weighted by Crippen LogP contribution is 2.42. The molecule has 2 atom stereocenters. The van der Waals surface area contributed by atoms with E-state index in [1.54, 1.807) is 12.1 Å². The van der Waals surface area contributed by atoms with Crippen LogP contribution in [0.1, 0.15) is 47.1 Å². The number of esters is 1. The summed E-state index contributed by atoms with van der Waals surface area (Å²) >= 11 is 0. The molecule has 148 valence electrons. The van der Waals surface area contributed by atoms with Gasteiger partial charge in [-0.05, 0) is 42.2 Å². The maximum atomic E-state index is 13.0. The lowest BCUT2D eigenvalue weighted by atomic mass is 9.98. The molecular formula is C21H19F3O4. The summed E-state index contributed by atoms with van der Waals surface area (Å²) in [7, 11) is 1.35. The molecule has 0 spiro atoms. The van der Waals surface area contributed by atoms with Crippen LogP contribution in [0.4, 0.5) is 13.2 Å². The second-order valence-corrected chi connectivity index (χ2v) is 7.04. The van der Waals surface area contributed by atoms with E-state index in [1.807, 2.05) is 6.07 Å². The van der Waals surface area contributed by atoms with Gasteiger partial charge in [-0.15, -0.1) is 0 Å². The largest absolute Gasteiger partial charge is 0.492 e. The topological polar surface area (TPSA) is 44.8 Å². The van der Waals surface area contributed by atoms with Crippen molar-refractivity contribution in [1.29, 1.82) is 0 Å². The minimum Gasteiger partial charge on any atom is -0.492 e. The van der Waals surface area contributed by atoms with E-state index in [4.69, 9.17) is 14.2 Å². The van der Waals surface area contributed by atoms with Crippen molar-refractivity contribution in [3.63, 3.8) is 0 Å². The standard InChI is InChI=1S/C21H19F3O4/c1-26-20(25)8-13-11-27-19-10-15(5-6-16(13)19)28-18-7-3-12-2-4-14(9-17(12)18)21(22,23)24/h2,4-6,9-10,13,18H,3,7-8,11H2,1H3/t13?,18-/m0/s1. The third-order valence-corrected chi connectivity index (χ3v) is 5.28. The third kappa shape index (κ3) is 3.53. The highest BCUT2D eigenvalue weighted by molar-refractivity contribution is 5.71. The van der Waals surface area contributed by atoms with Crippen LogP contribution in [0.5, 0.6) is 11.5 Å².